The lowest BCUT2D eigenvalue weighted by Crippen LogP contribution is -2.20. The summed E-state index contributed by atoms with van der Waals surface area (Å²) in [4.78, 5) is 31.5. The van der Waals surface area contributed by atoms with Gasteiger partial charge in [0.25, 0.3) is 0 Å². The molecule has 0 unspecified atom stereocenters. The zero-order valence-corrected chi connectivity index (χ0v) is 12.8. The van der Waals surface area contributed by atoms with Crippen LogP contribution in [-0.4, -0.2) is 55.1 Å². The van der Waals surface area contributed by atoms with Crippen molar-refractivity contribution in [1.29, 1.82) is 0 Å². The molecule has 0 rings (SSSR count). The number of carbonyl (C=O) groups excluding carboxylic acids is 2. The number of likely N-dealkylation sites (N-methyl/N-ethyl adjacent to an activating group) is 1. The number of carboxylic acids is 1. The van der Waals surface area contributed by atoms with Crippen LogP contribution in [-0.2, 0) is 19.1 Å². The Morgan fingerprint density at radius 3 is 1.81 bits per heavy atom. The molecule has 1 amide bonds. The SMILES string of the molecule is C=C(C)C(=O)OCCN(C)C.C=CC(=O)O.C=CC(N)=O. The highest BCUT2D eigenvalue weighted by Gasteiger charge is 2.01. The molecule has 0 aromatic rings. The van der Waals surface area contributed by atoms with E-state index in [2.05, 4.69) is 25.5 Å². The number of nitrogens with two attached hydrogens (primary N) is 1. The van der Waals surface area contributed by atoms with Crippen molar-refractivity contribution >= 4 is 17.8 Å². The average molecular weight is 300 g/mol. The number of nitrogens with zero attached hydrogens (tertiary/aromatic N) is 1. The van der Waals surface area contributed by atoms with Crippen molar-refractivity contribution in [2.75, 3.05) is 27.2 Å². The van der Waals surface area contributed by atoms with Gasteiger partial charge in [-0.15, -0.1) is 0 Å². The van der Waals surface area contributed by atoms with E-state index in [1.807, 2.05) is 19.0 Å². The number of aliphatic carboxylic acids is 1. The van der Waals surface area contributed by atoms with Crippen LogP contribution in [0.3, 0.4) is 0 Å². The van der Waals surface area contributed by atoms with Crippen LogP contribution in [0, 0.1) is 0 Å². The van der Waals surface area contributed by atoms with Gasteiger partial charge in [0.2, 0.25) is 5.91 Å². The van der Waals surface area contributed by atoms with Crippen molar-refractivity contribution in [2.45, 2.75) is 6.92 Å². The lowest BCUT2D eigenvalue weighted by atomic mass is 10.4. The molecule has 0 fully saturated rings. The molecule has 21 heavy (non-hydrogen) atoms. The summed E-state index contributed by atoms with van der Waals surface area (Å²) in [6.07, 6.45) is 1.89. The molecule has 120 valence electrons. The maximum absolute atomic E-state index is 10.8. The van der Waals surface area contributed by atoms with E-state index in [1.165, 1.54) is 0 Å². The summed E-state index contributed by atoms with van der Waals surface area (Å²) in [6.45, 7) is 12.3. The fraction of sp³-hybridized carbons (Fsp3) is 0.357. The minimum absolute atomic E-state index is 0.313. The number of ether oxygens (including phenoxy) is 1. The van der Waals surface area contributed by atoms with Crippen molar-refractivity contribution in [3.63, 3.8) is 0 Å². The van der Waals surface area contributed by atoms with Crippen molar-refractivity contribution in [1.82, 2.24) is 4.90 Å². The Morgan fingerprint density at radius 1 is 1.24 bits per heavy atom. The van der Waals surface area contributed by atoms with E-state index in [1.54, 1.807) is 6.92 Å². The highest BCUT2D eigenvalue weighted by Crippen LogP contribution is 1.91. The lowest BCUT2D eigenvalue weighted by Gasteiger charge is -2.09. The van der Waals surface area contributed by atoms with Gasteiger partial charge >= 0.3 is 11.9 Å². The Kier molecular flexibility index (Phi) is 17.6. The minimum Gasteiger partial charge on any atom is -0.478 e. The van der Waals surface area contributed by atoms with E-state index in [4.69, 9.17) is 9.84 Å². The molecule has 0 spiro atoms. The van der Waals surface area contributed by atoms with Gasteiger partial charge in [-0.2, -0.15) is 0 Å². The molecular weight excluding hydrogens is 276 g/mol. The average Bonchev–Trinajstić information content (AvgIpc) is 2.39. The fourth-order valence-corrected chi connectivity index (χ4v) is 0.444. The highest BCUT2D eigenvalue weighted by molar-refractivity contribution is 5.86. The topological polar surface area (TPSA) is 110 Å². The van der Waals surface area contributed by atoms with Crippen LogP contribution in [0.15, 0.2) is 37.5 Å². The molecule has 0 aromatic heterocycles. The number of amides is 1. The normalized spacial score (nSPS) is 8.19. The third kappa shape index (κ3) is 31.8. The maximum atomic E-state index is 10.8. The van der Waals surface area contributed by atoms with Gasteiger partial charge < -0.3 is 20.5 Å². The molecule has 0 aliphatic rings. The van der Waals surface area contributed by atoms with Gasteiger partial charge in [0.15, 0.2) is 0 Å². The lowest BCUT2D eigenvalue weighted by molar-refractivity contribution is -0.139. The largest absolute Gasteiger partial charge is 0.478 e. The van der Waals surface area contributed by atoms with Crippen LogP contribution in [0.1, 0.15) is 6.92 Å². The highest BCUT2D eigenvalue weighted by atomic mass is 16.5. The first-order chi connectivity index (χ1) is 9.58. The number of rotatable bonds is 6. The molecule has 0 saturated carbocycles. The predicted molar refractivity (Wildman–Crippen MR) is 81.6 cm³/mol. The van der Waals surface area contributed by atoms with Gasteiger partial charge in [0.05, 0.1) is 0 Å². The van der Waals surface area contributed by atoms with Crippen molar-refractivity contribution < 1.29 is 24.2 Å². The van der Waals surface area contributed by atoms with E-state index < -0.39 is 11.9 Å². The molecule has 0 atom stereocenters. The Bertz CT molecular complexity index is 358. The quantitative estimate of drug-likeness (QED) is 0.548. The molecular formula is C14H24N2O5. The van der Waals surface area contributed by atoms with Crippen LogP contribution in [0.4, 0.5) is 0 Å². The summed E-state index contributed by atoms with van der Waals surface area (Å²) in [5.74, 6) is -1.78. The van der Waals surface area contributed by atoms with E-state index in [0.29, 0.717) is 12.2 Å². The Hall–Kier alpha value is -2.41. The second-order valence-corrected chi connectivity index (χ2v) is 3.87. The van der Waals surface area contributed by atoms with Gasteiger partial charge in [0, 0.05) is 18.2 Å². The molecule has 7 nitrogen and oxygen atoms in total. The third-order valence-corrected chi connectivity index (χ3v) is 1.50. The Labute approximate surface area is 125 Å². The second-order valence-electron chi connectivity index (χ2n) is 3.87. The van der Waals surface area contributed by atoms with E-state index in [9.17, 15) is 14.4 Å². The van der Waals surface area contributed by atoms with Gasteiger partial charge in [-0.05, 0) is 27.1 Å². The van der Waals surface area contributed by atoms with Crippen LogP contribution >= 0.6 is 0 Å². The monoisotopic (exact) mass is 300 g/mol. The predicted octanol–water partition coefficient (Wildman–Crippen LogP) is 0.582. The first-order valence-corrected chi connectivity index (χ1v) is 5.83. The zero-order chi connectivity index (χ0) is 17.4. The smallest absolute Gasteiger partial charge is 0.333 e. The number of hydrogen-bond acceptors (Lipinski definition) is 5. The van der Waals surface area contributed by atoms with Crippen LogP contribution in [0.2, 0.25) is 0 Å². The van der Waals surface area contributed by atoms with Gasteiger partial charge in [-0.1, -0.05) is 19.7 Å². The van der Waals surface area contributed by atoms with Crippen LogP contribution in [0.25, 0.3) is 0 Å². The molecule has 0 heterocycles. The van der Waals surface area contributed by atoms with Crippen molar-refractivity contribution in [3.05, 3.63) is 37.5 Å². The molecule has 0 aromatic carbocycles. The van der Waals surface area contributed by atoms with E-state index >= 15 is 0 Å². The molecule has 0 aliphatic heterocycles. The molecule has 7 heteroatoms. The zero-order valence-electron chi connectivity index (χ0n) is 12.8. The number of carbonyl (C=O) groups is 3. The molecule has 0 radical (unpaired) electrons. The summed E-state index contributed by atoms with van der Waals surface area (Å²) >= 11 is 0. The summed E-state index contributed by atoms with van der Waals surface area (Å²) in [5, 5.41) is 7.60. The minimum atomic E-state index is -0.981. The number of hydrogen-bond donors (Lipinski definition) is 2. The van der Waals surface area contributed by atoms with Gasteiger partial charge in [0.1, 0.15) is 6.61 Å². The number of carboxylic acid groups (broad SMARTS) is 1. The maximum Gasteiger partial charge on any atom is 0.333 e. The van der Waals surface area contributed by atoms with Crippen LogP contribution < -0.4 is 5.73 Å². The summed E-state index contributed by atoms with van der Waals surface area (Å²) in [5.41, 5.74) is 4.98. The fourth-order valence-electron chi connectivity index (χ4n) is 0.444. The first kappa shape index (κ1) is 23.7. The van der Waals surface area contributed by atoms with E-state index in [-0.39, 0.29) is 5.97 Å². The molecule has 0 saturated heterocycles. The standard InChI is InChI=1S/C8H15NO2.C3H5NO.C3H4O2/c1-7(2)8(10)11-6-5-9(3)4;2*1-2-3(4)5/h1,5-6H2,2-4H3;2H,1H2,(H2,4,5);2H,1H2,(H,4,5). The molecule has 3 N–H and O–H groups in total. The summed E-state index contributed by atoms with van der Waals surface area (Å²) in [7, 11) is 3.85. The summed E-state index contributed by atoms with van der Waals surface area (Å²) < 4.78 is 4.83. The first-order valence-electron chi connectivity index (χ1n) is 5.83. The van der Waals surface area contributed by atoms with Crippen molar-refractivity contribution in [2.24, 2.45) is 5.73 Å². The van der Waals surface area contributed by atoms with Gasteiger partial charge in [-0.3, -0.25) is 4.79 Å². The Morgan fingerprint density at radius 2 is 1.62 bits per heavy atom. The third-order valence-electron chi connectivity index (χ3n) is 1.50. The van der Waals surface area contributed by atoms with E-state index in [0.717, 1.165) is 18.7 Å². The number of esters is 1. The Balaban J connectivity index is -0.000000270. The molecule has 0 aliphatic carbocycles. The molecule has 0 bridgehead atoms. The summed E-state index contributed by atoms with van der Waals surface area (Å²) in [6, 6.07) is 0. The van der Waals surface area contributed by atoms with Crippen LogP contribution in [0.5, 0.6) is 0 Å². The number of primary amides is 1. The van der Waals surface area contributed by atoms with Gasteiger partial charge in [-0.25, -0.2) is 9.59 Å². The van der Waals surface area contributed by atoms with Crippen molar-refractivity contribution in [3.8, 4) is 0 Å². The second kappa shape index (κ2) is 15.6.